The summed E-state index contributed by atoms with van der Waals surface area (Å²) in [6, 6.07) is 10.6. The van der Waals surface area contributed by atoms with Crippen LogP contribution in [0.4, 0.5) is 0 Å². The van der Waals surface area contributed by atoms with Gasteiger partial charge in [-0.05, 0) is 51.8 Å². The molecule has 0 aliphatic rings. The van der Waals surface area contributed by atoms with Gasteiger partial charge >= 0.3 is 0 Å². The number of ether oxygens (including phenoxy) is 2. The Hall–Kier alpha value is -1.78. The fraction of sp³-hybridized carbons (Fsp3) is 0.118. The van der Waals surface area contributed by atoms with Crippen molar-refractivity contribution >= 4 is 39.4 Å². The summed E-state index contributed by atoms with van der Waals surface area (Å²) in [7, 11) is 3.08. The van der Waals surface area contributed by atoms with Crippen molar-refractivity contribution in [1.82, 2.24) is 0 Å². The van der Waals surface area contributed by atoms with Crippen LogP contribution in [-0.2, 0) is 0 Å². The van der Waals surface area contributed by atoms with Crippen LogP contribution in [0.25, 0.3) is 6.08 Å². The number of methoxy groups -OCH3 is 2. The first-order valence-corrected chi connectivity index (χ1v) is 7.61. The lowest BCUT2D eigenvalue weighted by Gasteiger charge is -2.10. The average Bonchev–Trinajstić information content (AvgIpc) is 2.53. The average molecular weight is 382 g/mol. The second-order valence-corrected chi connectivity index (χ2v) is 5.73. The largest absolute Gasteiger partial charge is 0.493 e. The molecule has 0 radical (unpaired) electrons. The van der Waals surface area contributed by atoms with E-state index in [9.17, 15) is 4.79 Å². The summed E-state index contributed by atoms with van der Waals surface area (Å²) >= 11 is 9.21. The Bertz CT molecular complexity index is 709. The van der Waals surface area contributed by atoms with E-state index in [1.165, 1.54) is 13.2 Å². The van der Waals surface area contributed by atoms with E-state index >= 15 is 0 Å². The molecule has 2 rings (SSSR count). The van der Waals surface area contributed by atoms with Gasteiger partial charge in [-0.25, -0.2) is 0 Å². The van der Waals surface area contributed by atoms with Crippen molar-refractivity contribution in [1.29, 1.82) is 0 Å². The Morgan fingerprint density at radius 2 is 1.68 bits per heavy atom. The van der Waals surface area contributed by atoms with Gasteiger partial charge in [-0.2, -0.15) is 0 Å². The van der Waals surface area contributed by atoms with Crippen molar-refractivity contribution in [2.24, 2.45) is 0 Å². The summed E-state index contributed by atoms with van der Waals surface area (Å²) in [5.41, 5.74) is 1.40. The molecule has 0 saturated heterocycles. The third-order valence-electron chi connectivity index (χ3n) is 3.04. The molecule has 0 unspecified atom stereocenters. The highest BCUT2D eigenvalue weighted by Crippen LogP contribution is 2.33. The fourth-order valence-corrected chi connectivity index (χ4v) is 2.52. The van der Waals surface area contributed by atoms with E-state index in [0.29, 0.717) is 26.6 Å². The van der Waals surface area contributed by atoms with Gasteiger partial charge in [0.25, 0.3) is 0 Å². The molecular weight excluding hydrogens is 368 g/mol. The van der Waals surface area contributed by atoms with Crippen LogP contribution >= 0.6 is 27.5 Å². The Morgan fingerprint density at radius 3 is 2.27 bits per heavy atom. The molecule has 2 aromatic carbocycles. The van der Waals surface area contributed by atoms with E-state index in [2.05, 4.69) is 15.9 Å². The first-order chi connectivity index (χ1) is 10.5. The molecule has 0 spiro atoms. The number of carbonyl (C=O) groups is 1. The lowest BCUT2D eigenvalue weighted by molar-refractivity contribution is 0.104. The standard InChI is InChI=1S/C17H14BrClO3/c1-21-16-9-13(14(18)10-17(16)22-2)15(20)8-5-11-3-6-12(19)7-4-11/h3-10H,1-2H3/b8-5+. The van der Waals surface area contributed by atoms with Crippen molar-refractivity contribution in [3.63, 3.8) is 0 Å². The molecular formula is C17H14BrClO3. The van der Waals surface area contributed by atoms with Crippen LogP contribution in [0.5, 0.6) is 11.5 Å². The first-order valence-electron chi connectivity index (χ1n) is 6.44. The highest BCUT2D eigenvalue weighted by Gasteiger charge is 2.13. The maximum Gasteiger partial charge on any atom is 0.187 e. The molecule has 5 heteroatoms. The molecule has 0 bridgehead atoms. The quantitative estimate of drug-likeness (QED) is 0.539. The van der Waals surface area contributed by atoms with Gasteiger partial charge in [0.1, 0.15) is 0 Å². The SMILES string of the molecule is COc1cc(Br)c(C(=O)/C=C/c2ccc(Cl)cc2)cc1OC. The zero-order valence-corrected chi connectivity index (χ0v) is 14.4. The van der Waals surface area contributed by atoms with Gasteiger partial charge in [-0.1, -0.05) is 29.8 Å². The lowest BCUT2D eigenvalue weighted by atomic mass is 10.1. The van der Waals surface area contributed by atoms with Crippen LogP contribution in [0.2, 0.25) is 5.02 Å². The van der Waals surface area contributed by atoms with Crippen molar-refractivity contribution < 1.29 is 14.3 Å². The number of halogens is 2. The van der Waals surface area contributed by atoms with Crippen molar-refractivity contribution in [2.45, 2.75) is 0 Å². The summed E-state index contributed by atoms with van der Waals surface area (Å²) in [6.45, 7) is 0. The van der Waals surface area contributed by atoms with Gasteiger partial charge < -0.3 is 9.47 Å². The lowest BCUT2D eigenvalue weighted by Crippen LogP contribution is -1.99. The van der Waals surface area contributed by atoms with Gasteiger partial charge in [0.15, 0.2) is 17.3 Å². The van der Waals surface area contributed by atoms with Crippen LogP contribution in [0.15, 0.2) is 46.9 Å². The van der Waals surface area contributed by atoms with Crippen molar-refractivity contribution in [3.8, 4) is 11.5 Å². The molecule has 0 saturated carbocycles. The molecule has 0 heterocycles. The molecule has 0 aliphatic heterocycles. The molecule has 22 heavy (non-hydrogen) atoms. The smallest absolute Gasteiger partial charge is 0.187 e. The van der Waals surface area contributed by atoms with Crippen LogP contribution in [-0.4, -0.2) is 20.0 Å². The minimum Gasteiger partial charge on any atom is -0.493 e. The number of hydrogen-bond acceptors (Lipinski definition) is 3. The van der Waals surface area contributed by atoms with Gasteiger partial charge in [0, 0.05) is 15.1 Å². The number of benzene rings is 2. The monoisotopic (exact) mass is 380 g/mol. The van der Waals surface area contributed by atoms with Gasteiger partial charge in [-0.3, -0.25) is 4.79 Å². The Labute approximate surface area is 142 Å². The van der Waals surface area contributed by atoms with Crippen LogP contribution in [0.1, 0.15) is 15.9 Å². The second-order valence-electron chi connectivity index (χ2n) is 4.44. The molecule has 2 aromatic rings. The molecule has 0 fully saturated rings. The van der Waals surface area contributed by atoms with E-state index < -0.39 is 0 Å². The van der Waals surface area contributed by atoms with Crippen molar-refractivity contribution in [2.75, 3.05) is 14.2 Å². The number of rotatable bonds is 5. The van der Waals surface area contributed by atoms with E-state index in [-0.39, 0.29) is 5.78 Å². The third kappa shape index (κ3) is 3.90. The normalized spacial score (nSPS) is 10.7. The summed E-state index contributed by atoms with van der Waals surface area (Å²) in [5, 5.41) is 0.658. The maximum atomic E-state index is 12.3. The number of carbonyl (C=O) groups excluding carboxylic acids is 1. The zero-order chi connectivity index (χ0) is 16.1. The van der Waals surface area contributed by atoms with E-state index in [0.717, 1.165) is 5.56 Å². The van der Waals surface area contributed by atoms with Gasteiger partial charge in [0.2, 0.25) is 0 Å². The second kappa shape index (κ2) is 7.47. The van der Waals surface area contributed by atoms with E-state index in [1.807, 2.05) is 12.1 Å². The van der Waals surface area contributed by atoms with Crippen LogP contribution < -0.4 is 9.47 Å². The van der Waals surface area contributed by atoms with Crippen LogP contribution in [0.3, 0.4) is 0 Å². The molecule has 0 atom stereocenters. The van der Waals surface area contributed by atoms with E-state index in [1.54, 1.807) is 37.5 Å². The predicted octanol–water partition coefficient (Wildman–Crippen LogP) is 5.02. The topological polar surface area (TPSA) is 35.5 Å². The molecule has 0 amide bonds. The Morgan fingerprint density at radius 1 is 1.09 bits per heavy atom. The van der Waals surface area contributed by atoms with Gasteiger partial charge in [-0.15, -0.1) is 0 Å². The summed E-state index contributed by atoms with van der Waals surface area (Å²) in [4.78, 5) is 12.3. The Balaban J connectivity index is 2.27. The molecule has 0 N–H and O–H groups in total. The molecule has 0 aliphatic carbocycles. The minimum atomic E-state index is -0.136. The Kier molecular flexibility index (Phi) is 5.63. The highest BCUT2D eigenvalue weighted by atomic mass is 79.9. The van der Waals surface area contributed by atoms with E-state index in [4.69, 9.17) is 21.1 Å². The fourth-order valence-electron chi connectivity index (χ4n) is 1.88. The minimum absolute atomic E-state index is 0.136. The number of hydrogen-bond donors (Lipinski definition) is 0. The summed E-state index contributed by atoms with van der Waals surface area (Å²) in [6.07, 6.45) is 3.25. The zero-order valence-electron chi connectivity index (χ0n) is 12.1. The molecule has 0 aromatic heterocycles. The molecule has 3 nitrogen and oxygen atoms in total. The molecule has 114 valence electrons. The number of ketones is 1. The highest BCUT2D eigenvalue weighted by molar-refractivity contribution is 9.10. The third-order valence-corrected chi connectivity index (χ3v) is 3.94. The first kappa shape index (κ1) is 16.6. The number of allylic oxidation sites excluding steroid dienone is 1. The summed E-state index contributed by atoms with van der Waals surface area (Å²) in [5.74, 6) is 0.935. The maximum absolute atomic E-state index is 12.3. The predicted molar refractivity (Wildman–Crippen MR) is 92.1 cm³/mol. The summed E-state index contributed by atoms with van der Waals surface area (Å²) < 4.78 is 11.1. The van der Waals surface area contributed by atoms with Crippen LogP contribution in [0, 0.1) is 0 Å². The van der Waals surface area contributed by atoms with Gasteiger partial charge in [0.05, 0.1) is 14.2 Å². The van der Waals surface area contributed by atoms with Crippen molar-refractivity contribution in [3.05, 3.63) is 63.1 Å².